The maximum Gasteiger partial charge on any atom is 0.0468 e. The number of hydrogen-bond donors (Lipinski definition) is 2. The summed E-state index contributed by atoms with van der Waals surface area (Å²) >= 11 is 0. The molecule has 3 N–H and O–H groups in total. The molecule has 88 valence electrons. The Morgan fingerprint density at radius 2 is 2.31 bits per heavy atom. The number of aliphatic hydroxyl groups excluding tert-OH is 1. The van der Waals surface area contributed by atoms with Crippen molar-refractivity contribution in [1.29, 1.82) is 0 Å². The van der Waals surface area contributed by atoms with Gasteiger partial charge in [-0.3, -0.25) is 4.90 Å². The highest BCUT2D eigenvalue weighted by molar-refractivity contribution is 5.51. The first-order valence-electron chi connectivity index (χ1n) is 5.90. The molecular weight excluding hydrogens is 200 g/mol. The van der Waals surface area contributed by atoms with Crippen LogP contribution in [0.3, 0.4) is 0 Å². The number of aliphatic hydroxyl groups is 1. The van der Waals surface area contributed by atoms with Crippen molar-refractivity contribution in [1.82, 2.24) is 4.90 Å². The number of hydrogen-bond acceptors (Lipinski definition) is 3. The van der Waals surface area contributed by atoms with Gasteiger partial charge in [0.25, 0.3) is 0 Å². The number of fused-ring (bicyclic) bond motifs is 1. The van der Waals surface area contributed by atoms with Gasteiger partial charge in [-0.15, -0.1) is 0 Å². The Hall–Kier alpha value is -1.06. The Morgan fingerprint density at radius 1 is 1.50 bits per heavy atom. The summed E-state index contributed by atoms with van der Waals surface area (Å²) in [6, 6.07) is 6.15. The van der Waals surface area contributed by atoms with Crippen LogP contribution in [0.5, 0.6) is 0 Å². The summed E-state index contributed by atoms with van der Waals surface area (Å²) < 4.78 is 0. The second kappa shape index (κ2) is 4.85. The molecule has 3 heteroatoms. The van der Waals surface area contributed by atoms with E-state index in [0.717, 1.165) is 31.7 Å². The van der Waals surface area contributed by atoms with Gasteiger partial charge >= 0.3 is 0 Å². The summed E-state index contributed by atoms with van der Waals surface area (Å²) in [5.41, 5.74) is 9.54. The molecule has 1 aliphatic rings. The fourth-order valence-corrected chi connectivity index (χ4v) is 2.35. The lowest BCUT2D eigenvalue weighted by atomic mass is 9.97. The quantitative estimate of drug-likeness (QED) is 0.754. The van der Waals surface area contributed by atoms with Gasteiger partial charge in [0.2, 0.25) is 0 Å². The lowest BCUT2D eigenvalue weighted by Gasteiger charge is -2.31. The van der Waals surface area contributed by atoms with Crippen LogP contribution in [-0.2, 0) is 13.0 Å². The van der Waals surface area contributed by atoms with Crippen molar-refractivity contribution in [3.63, 3.8) is 0 Å². The van der Waals surface area contributed by atoms with Gasteiger partial charge < -0.3 is 10.8 Å². The van der Waals surface area contributed by atoms with Gasteiger partial charge in [-0.05, 0) is 29.5 Å². The minimum atomic E-state index is 0.264. The molecule has 0 spiro atoms. The molecule has 0 saturated carbocycles. The van der Waals surface area contributed by atoms with E-state index in [-0.39, 0.29) is 6.61 Å². The summed E-state index contributed by atoms with van der Waals surface area (Å²) in [4.78, 5) is 2.39. The average Bonchev–Trinajstić information content (AvgIpc) is 2.29. The summed E-state index contributed by atoms with van der Waals surface area (Å²) in [7, 11) is 0. The van der Waals surface area contributed by atoms with Crippen molar-refractivity contribution in [3.05, 3.63) is 29.3 Å². The molecule has 1 aromatic carbocycles. The van der Waals surface area contributed by atoms with E-state index in [0.29, 0.717) is 5.92 Å². The van der Waals surface area contributed by atoms with Gasteiger partial charge in [0.15, 0.2) is 0 Å². The molecule has 1 unspecified atom stereocenters. The van der Waals surface area contributed by atoms with Crippen LogP contribution >= 0.6 is 0 Å². The molecule has 1 aliphatic heterocycles. The molecular formula is C13H20N2O. The van der Waals surface area contributed by atoms with Gasteiger partial charge in [0.1, 0.15) is 0 Å². The molecule has 0 radical (unpaired) electrons. The Balaban J connectivity index is 2.06. The van der Waals surface area contributed by atoms with Gasteiger partial charge in [-0.25, -0.2) is 0 Å². The van der Waals surface area contributed by atoms with Gasteiger partial charge in [-0.1, -0.05) is 19.1 Å². The molecule has 0 aromatic heterocycles. The number of nitrogens with two attached hydrogens (primary N) is 1. The van der Waals surface area contributed by atoms with E-state index in [4.69, 9.17) is 10.8 Å². The van der Waals surface area contributed by atoms with Crippen molar-refractivity contribution < 1.29 is 5.11 Å². The van der Waals surface area contributed by atoms with Crippen LogP contribution < -0.4 is 5.73 Å². The van der Waals surface area contributed by atoms with E-state index in [1.807, 2.05) is 12.1 Å². The Kier molecular flexibility index (Phi) is 3.46. The summed E-state index contributed by atoms with van der Waals surface area (Å²) in [5.74, 6) is 0.350. The van der Waals surface area contributed by atoms with E-state index in [1.165, 1.54) is 11.1 Å². The lowest BCUT2D eigenvalue weighted by molar-refractivity contribution is 0.164. The first kappa shape index (κ1) is 11.4. The van der Waals surface area contributed by atoms with Gasteiger partial charge in [-0.2, -0.15) is 0 Å². The molecule has 16 heavy (non-hydrogen) atoms. The van der Waals surface area contributed by atoms with E-state index in [9.17, 15) is 0 Å². The van der Waals surface area contributed by atoms with E-state index >= 15 is 0 Å². The number of nitrogen functional groups attached to an aromatic ring is 1. The van der Waals surface area contributed by atoms with Crippen LogP contribution in [0.15, 0.2) is 18.2 Å². The number of benzene rings is 1. The van der Waals surface area contributed by atoms with E-state index < -0.39 is 0 Å². The minimum absolute atomic E-state index is 0.264. The second-order valence-corrected chi connectivity index (χ2v) is 4.76. The van der Waals surface area contributed by atoms with Crippen LogP contribution in [0.4, 0.5) is 5.69 Å². The van der Waals surface area contributed by atoms with Gasteiger partial charge in [0, 0.05) is 31.9 Å². The van der Waals surface area contributed by atoms with Crippen molar-refractivity contribution in [2.75, 3.05) is 25.4 Å². The summed E-state index contributed by atoms with van der Waals surface area (Å²) in [6.07, 6.45) is 1.03. The molecule has 2 rings (SSSR count). The van der Waals surface area contributed by atoms with Crippen LogP contribution in [0.25, 0.3) is 0 Å². The number of nitrogens with zero attached hydrogens (tertiary/aromatic N) is 1. The zero-order valence-corrected chi connectivity index (χ0v) is 9.82. The second-order valence-electron chi connectivity index (χ2n) is 4.76. The molecule has 0 amide bonds. The van der Waals surface area contributed by atoms with Crippen molar-refractivity contribution in [2.45, 2.75) is 19.9 Å². The first-order chi connectivity index (χ1) is 7.70. The van der Waals surface area contributed by atoms with Crippen molar-refractivity contribution in [3.8, 4) is 0 Å². The fourth-order valence-electron chi connectivity index (χ4n) is 2.35. The Labute approximate surface area is 96.9 Å². The van der Waals surface area contributed by atoms with Crippen molar-refractivity contribution >= 4 is 5.69 Å². The zero-order valence-electron chi connectivity index (χ0n) is 9.82. The average molecular weight is 220 g/mol. The molecule has 0 saturated heterocycles. The highest BCUT2D eigenvalue weighted by Crippen LogP contribution is 2.24. The zero-order chi connectivity index (χ0) is 11.5. The Morgan fingerprint density at radius 3 is 3.06 bits per heavy atom. The first-order valence-corrected chi connectivity index (χ1v) is 5.90. The molecule has 0 fully saturated rings. The van der Waals surface area contributed by atoms with Crippen LogP contribution in [0.2, 0.25) is 0 Å². The smallest absolute Gasteiger partial charge is 0.0468 e. The monoisotopic (exact) mass is 220 g/mol. The highest BCUT2D eigenvalue weighted by Gasteiger charge is 2.18. The van der Waals surface area contributed by atoms with E-state index in [2.05, 4.69) is 17.9 Å². The molecule has 1 heterocycles. The molecule has 0 aliphatic carbocycles. The highest BCUT2D eigenvalue weighted by atomic mass is 16.3. The fraction of sp³-hybridized carbons (Fsp3) is 0.538. The topological polar surface area (TPSA) is 49.5 Å². The maximum absolute atomic E-state index is 9.06. The minimum Gasteiger partial charge on any atom is -0.398 e. The number of anilines is 1. The predicted molar refractivity (Wildman–Crippen MR) is 66.1 cm³/mol. The van der Waals surface area contributed by atoms with Crippen LogP contribution in [-0.4, -0.2) is 29.7 Å². The van der Waals surface area contributed by atoms with Crippen molar-refractivity contribution in [2.24, 2.45) is 5.92 Å². The summed E-state index contributed by atoms with van der Waals surface area (Å²) in [6.45, 7) is 5.32. The summed E-state index contributed by atoms with van der Waals surface area (Å²) in [5, 5.41) is 9.06. The number of rotatable bonds is 3. The molecule has 1 atom stereocenters. The van der Waals surface area contributed by atoms with Gasteiger partial charge in [0.05, 0.1) is 0 Å². The normalized spacial score (nSPS) is 18.1. The molecule has 0 bridgehead atoms. The Bertz CT molecular complexity index is 365. The largest absolute Gasteiger partial charge is 0.398 e. The van der Waals surface area contributed by atoms with Crippen LogP contribution in [0.1, 0.15) is 18.1 Å². The lowest BCUT2D eigenvalue weighted by Crippen LogP contribution is -2.35. The molecule has 1 aromatic rings. The maximum atomic E-state index is 9.06. The third-order valence-electron chi connectivity index (χ3n) is 3.26. The SMILES string of the molecule is CC(CO)CN1CCc2c(N)cccc2C1. The third kappa shape index (κ3) is 2.36. The third-order valence-corrected chi connectivity index (χ3v) is 3.26. The predicted octanol–water partition coefficient (Wildman–Crippen LogP) is 1.26. The van der Waals surface area contributed by atoms with Crippen LogP contribution in [0, 0.1) is 5.92 Å². The standard InChI is InChI=1S/C13H20N2O/c1-10(9-16)7-15-6-5-12-11(8-15)3-2-4-13(12)14/h2-4,10,16H,5-9,14H2,1H3. The molecule has 3 nitrogen and oxygen atoms in total. The van der Waals surface area contributed by atoms with E-state index in [1.54, 1.807) is 0 Å².